The lowest BCUT2D eigenvalue weighted by Crippen LogP contribution is -2.54. The van der Waals surface area contributed by atoms with Crippen molar-refractivity contribution in [2.75, 3.05) is 36.8 Å². The maximum atomic E-state index is 13.6. The summed E-state index contributed by atoms with van der Waals surface area (Å²) in [4.78, 5) is 40.4. The maximum absolute atomic E-state index is 13.6. The van der Waals surface area contributed by atoms with Gasteiger partial charge < -0.3 is 14.7 Å². The Hall–Kier alpha value is -3.17. The average Bonchev–Trinajstić information content (AvgIpc) is 2.90. The zero-order valence-electron chi connectivity index (χ0n) is 20.4. The number of anilines is 1. The molecular formula is C27H27ClFN5O2S. The molecule has 1 aromatic heterocycles. The first-order chi connectivity index (χ1) is 17.9. The molecule has 10 heteroatoms. The number of carbonyl (C=O) groups excluding carboxylic acids is 2. The number of benzene rings is 2. The van der Waals surface area contributed by atoms with Crippen molar-refractivity contribution in [3.05, 3.63) is 82.3 Å². The van der Waals surface area contributed by atoms with Crippen molar-refractivity contribution in [1.82, 2.24) is 19.8 Å². The molecular weight excluding hydrogens is 513 g/mol. The zero-order valence-corrected chi connectivity index (χ0v) is 22.0. The van der Waals surface area contributed by atoms with Gasteiger partial charge in [0, 0.05) is 50.4 Å². The lowest BCUT2D eigenvalue weighted by atomic mass is 10.00. The molecule has 1 unspecified atom stereocenters. The Morgan fingerprint density at radius 2 is 1.86 bits per heavy atom. The topological polar surface area (TPSA) is 69.6 Å². The predicted octanol–water partition coefficient (Wildman–Crippen LogP) is 4.30. The molecule has 1 fully saturated rings. The number of hydrogen-bond donors (Lipinski definition) is 0. The molecule has 2 aliphatic heterocycles. The number of halogens is 2. The molecule has 3 heterocycles. The molecule has 1 atom stereocenters. The van der Waals surface area contributed by atoms with E-state index in [1.165, 1.54) is 35.0 Å². The number of carbonyl (C=O) groups is 2. The quantitative estimate of drug-likeness (QED) is 0.274. The minimum atomic E-state index is -0.429. The summed E-state index contributed by atoms with van der Waals surface area (Å²) in [6.45, 7) is 4.84. The summed E-state index contributed by atoms with van der Waals surface area (Å²) in [6, 6.07) is 15.6. The Morgan fingerprint density at radius 1 is 1.05 bits per heavy atom. The lowest BCUT2D eigenvalue weighted by Gasteiger charge is -2.40. The number of piperazine rings is 1. The van der Waals surface area contributed by atoms with Gasteiger partial charge in [0.1, 0.15) is 16.8 Å². The van der Waals surface area contributed by atoms with Gasteiger partial charge in [0.2, 0.25) is 5.91 Å². The third kappa shape index (κ3) is 5.88. The summed E-state index contributed by atoms with van der Waals surface area (Å²) in [5.41, 5.74) is 2.83. The highest BCUT2D eigenvalue weighted by atomic mass is 35.5. The minimum Gasteiger partial charge on any atom is -0.353 e. The second-order valence-corrected chi connectivity index (χ2v) is 10.6. The highest BCUT2D eigenvalue weighted by molar-refractivity contribution is 7.99. The molecule has 0 bridgehead atoms. The fraction of sp³-hybridized carbons (Fsp3) is 0.333. The van der Waals surface area contributed by atoms with Gasteiger partial charge >= 0.3 is 0 Å². The van der Waals surface area contributed by atoms with Crippen LogP contribution in [0.1, 0.15) is 28.4 Å². The molecule has 2 aromatic carbocycles. The van der Waals surface area contributed by atoms with Gasteiger partial charge in [-0.3, -0.25) is 9.59 Å². The lowest BCUT2D eigenvalue weighted by molar-refractivity contribution is -0.129. The first-order valence-electron chi connectivity index (χ1n) is 12.2. The molecule has 192 valence electrons. The molecule has 2 amide bonds. The molecule has 3 aromatic rings. The molecule has 37 heavy (non-hydrogen) atoms. The molecule has 2 aliphatic rings. The standard InChI is InChI=1S/C27H27ClFN5O2S/c1-18-15-32(11-12-34(18)26(36)20-7-4-8-22(29)13-20)24-14-23(28)30-27(31-24)37-17-25(35)33-10-9-19-5-2-3-6-21(19)16-33/h2-8,13-14,18H,9-12,15-17H2,1H3. The van der Waals surface area contributed by atoms with Gasteiger partial charge in [0.25, 0.3) is 5.91 Å². The molecule has 0 saturated carbocycles. The van der Waals surface area contributed by atoms with Gasteiger partial charge in [-0.05, 0) is 42.7 Å². The van der Waals surface area contributed by atoms with E-state index >= 15 is 0 Å². The Bertz CT molecular complexity index is 1330. The summed E-state index contributed by atoms with van der Waals surface area (Å²) >= 11 is 7.59. The van der Waals surface area contributed by atoms with Crippen LogP contribution in [0, 0.1) is 5.82 Å². The van der Waals surface area contributed by atoms with Gasteiger partial charge in [-0.1, -0.05) is 53.7 Å². The fourth-order valence-corrected chi connectivity index (χ4v) is 5.78. The van der Waals surface area contributed by atoms with Crippen molar-refractivity contribution < 1.29 is 14.0 Å². The normalized spacial score (nSPS) is 17.5. The number of thioether (sulfide) groups is 1. The predicted molar refractivity (Wildman–Crippen MR) is 142 cm³/mol. The molecule has 5 rings (SSSR count). The van der Waals surface area contributed by atoms with E-state index in [1.807, 2.05) is 24.0 Å². The summed E-state index contributed by atoms with van der Waals surface area (Å²) in [5.74, 6) is 0.312. The monoisotopic (exact) mass is 539 g/mol. The first-order valence-corrected chi connectivity index (χ1v) is 13.6. The number of rotatable bonds is 5. The van der Waals surface area contributed by atoms with Crippen LogP contribution in [0.5, 0.6) is 0 Å². The summed E-state index contributed by atoms with van der Waals surface area (Å²) in [5, 5.41) is 0.747. The van der Waals surface area contributed by atoms with Gasteiger partial charge in [-0.15, -0.1) is 0 Å². The second-order valence-electron chi connectivity index (χ2n) is 9.26. The van der Waals surface area contributed by atoms with Crippen molar-refractivity contribution in [3.8, 4) is 0 Å². The van der Waals surface area contributed by atoms with Crippen molar-refractivity contribution in [2.45, 2.75) is 31.1 Å². The molecule has 1 saturated heterocycles. The number of aromatic nitrogens is 2. The van der Waals surface area contributed by atoms with E-state index in [1.54, 1.807) is 23.1 Å². The Balaban J connectivity index is 1.20. The minimum absolute atomic E-state index is 0.0442. The number of hydrogen-bond acceptors (Lipinski definition) is 6. The van der Waals surface area contributed by atoms with E-state index in [0.29, 0.717) is 54.4 Å². The number of fused-ring (bicyclic) bond motifs is 1. The van der Waals surface area contributed by atoms with Crippen LogP contribution in [0.3, 0.4) is 0 Å². The second kappa shape index (κ2) is 11.1. The van der Waals surface area contributed by atoms with Crippen molar-refractivity contribution >= 4 is 41.0 Å². The van der Waals surface area contributed by atoms with Crippen molar-refractivity contribution in [1.29, 1.82) is 0 Å². The number of amides is 2. The van der Waals surface area contributed by atoms with Crippen LogP contribution in [0.4, 0.5) is 10.2 Å². The van der Waals surface area contributed by atoms with Crippen molar-refractivity contribution in [2.24, 2.45) is 0 Å². The van der Waals surface area contributed by atoms with Crippen LogP contribution in [0.15, 0.2) is 59.8 Å². The SMILES string of the molecule is CC1CN(c2cc(Cl)nc(SCC(=O)N3CCc4ccccc4C3)n2)CCN1C(=O)c1cccc(F)c1. The molecule has 0 aliphatic carbocycles. The number of nitrogens with zero attached hydrogens (tertiary/aromatic N) is 5. The third-order valence-corrected chi connectivity index (χ3v) is 7.78. The largest absolute Gasteiger partial charge is 0.353 e. The molecule has 0 radical (unpaired) electrons. The summed E-state index contributed by atoms with van der Waals surface area (Å²) in [7, 11) is 0. The third-order valence-electron chi connectivity index (χ3n) is 6.75. The molecule has 7 nitrogen and oxygen atoms in total. The maximum Gasteiger partial charge on any atom is 0.254 e. The van der Waals surface area contributed by atoms with Gasteiger partial charge in [0.05, 0.1) is 5.75 Å². The van der Waals surface area contributed by atoms with E-state index < -0.39 is 5.82 Å². The van der Waals surface area contributed by atoms with Gasteiger partial charge in [-0.2, -0.15) is 0 Å². The average molecular weight is 540 g/mol. The van der Waals surface area contributed by atoms with E-state index in [2.05, 4.69) is 27.0 Å². The summed E-state index contributed by atoms with van der Waals surface area (Å²) < 4.78 is 13.6. The highest BCUT2D eigenvalue weighted by Gasteiger charge is 2.29. The van der Waals surface area contributed by atoms with Crippen LogP contribution in [0.25, 0.3) is 0 Å². The van der Waals surface area contributed by atoms with Crippen molar-refractivity contribution in [3.63, 3.8) is 0 Å². The smallest absolute Gasteiger partial charge is 0.254 e. The van der Waals surface area contributed by atoms with E-state index in [0.717, 1.165) is 6.42 Å². The summed E-state index contributed by atoms with van der Waals surface area (Å²) in [6.07, 6.45) is 0.857. The molecule has 0 spiro atoms. The molecule has 0 N–H and O–H groups in total. The zero-order chi connectivity index (χ0) is 25.9. The van der Waals surface area contributed by atoms with E-state index in [9.17, 15) is 14.0 Å². The van der Waals surface area contributed by atoms with Crippen LogP contribution in [-0.4, -0.2) is 69.6 Å². The first kappa shape index (κ1) is 25.5. The Labute approximate surface area is 224 Å². The highest BCUT2D eigenvalue weighted by Crippen LogP contribution is 2.26. The Kier molecular flexibility index (Phi) is 7.62. The van der Waals surface area contributed by atoms with E-state index in [-0.39, 0.29) is 23.6 Å². The van der Waals surface area contributed by atoms with Crippen LogP contribution in [-0.2, 0) is 17.8 Å². The van der Waals surface area contributed by atoms with Gasteiger partial charge in [-0.25, -0.2) is 14.4 Å². The Morgan fingerprint density at radius 3 is 2.65 bits per heavy atom. The van der Waals surface area contributed by atoms with Crippen LogP contribution < -0.4 is 4.90 Å². The van der Waals surface area contributed by atoms with Crippen LogP contribution >= 0.6 is 23.4 Å². The van der Waals surface area contributed by atoms with Crippen LogP contribution in [0.2, 0.25) is 5.15 Å². The fourth-order valence-electron chi connectivity index (χ4n) is 4.79. The van der Waals surface area contributed by atoms with E-state index in [4.69, 9.17) is 11.6 Å². The van der Waals surface area contributed by atoms with Gasteiger partial charge in [0.15, 0.2) is 5.16 Å².